The number of nitriles is 1. The monoisotopic (exact) mass is 277 g/mol. The smallest absolute Gasteiger partial charge is 0.122 e. The minimum absolute atomic E-state index is 0.237. The van der Waals surface area contributed by atoms with Crippen LogP contribution in [0.5, 0.6) is 5.75 Å². The Hall–Kier alpha value is -1.20. The van der Waals surface area contributed by atoms with Gasteiger partial charge in [-0.2, -0.15) is 5.26 Å². The Bertz CT molecular complexity index is 494. The molecule has 1 saturated carbocycles. The summed E-state index contributed by atoms with van der Waals surface area (Å²) in [5.41, 5.74) is 0.812. The molecular weight excluding hydrogens is 258 g/mol. The Morgan fingerprint density at radius 3 is 2.89 bits per heavy atom. The number of hydrogen-bond acceptors (Lipinski definition) is 2. The molecule has 2 nitrogen and oxygen atoms in total. The van der Waals surface area contributed by atoms with Crippen molar-refractivity contribution in [3.05, 3.63) is 28.8 Å². The predicted octanol–water partition coefficient (Wildman–Crippen LogP) is 4.61. The van der Waals surface area contributed by atoms with Crippen LogP contribution in [0.1, 0.15) is 38.2 Å². The van der Waals surface area contributed by atoms with Crippen molar-refractivity contribution in [2.75, 3.05) is 7.11 Å². The molecule has 0 bridgehead atoms. The second kappa shape index (κ2) is 5.84. The molecule has 0 aliphatic heterocycles. The van der Waals surface area contributed by atoms with Crippen molar-refractivity contribution in [2.45, 2.75) is 39.0 Å². The highest BCUT2D eigenvalue weighted by molar-refractivity contribution is 6.30. The number of ether oxygens (including phenoxy) is 1. The number of methoxy groups -OCH3 is 1. The maximum absolute atomic E-state index is 9.60. The van der Waals surface area contributed by atoms with E-state index < -0.39 is 0 Å². The van der Waals surface area contributed by atoms with Gasteiger partial charge in [0.2, 0.25) is 0 Å². The van der Waals surface area contributed by atoms with Crippen molar-refractivity contribution in [3.8, 4) is 11.8 Å². The van der Waals surface area contributed by atoms with Gasteiger partial charge in [-0.25, -0.2) is 0 Å². The lowest BCUT2D eigenvalue weighted by molar-refractivity contribution is 0.363. The van der Waals surface area contributed by atoms with Gasteiger partial charge < -0.3 is 4.74 Å². The Kier molecular flexibility index (Phi) is 4.37. The molecule has 102 valence electrons. The molecule has 0 saturated heterocycles. The van der Waals surface area contributed by atoms with E-state index in [1.165, 1.54) is 0 Å². The summed E-state index contributed by atoms with van der Waals surface area (Å²) in [5, 5.41) is 10.3. The molecule has 3 heteroatoms. The molecule has 1 aromatic carbocycles. The van der Waals surface area contributed by atoms with E-state index in [4.69, 9.17) is 16.3 Å². The fraction of sp³-hybridized carbons (Fsp3) is 0.562. The zero-order valence-corrected chi connectivity index (χ0v) is 12.3. The van der Waals surface area contributed by atoms with Crippen LogP contribution in [0.3, 0.4) is 0 Å². The third-order valence-electron chi connectivity index (χ3n) is 4.30. The molecule has 1 aliphatic carbocycles. The van der Waals surface area contributed by atoms with Crippen molar-refractivity contribution in [1.82, 2.24) is 0 Å². The van der Waals surface area contributed by atoms with Gasteiger partial charge in [-0.1, -0.05) is 24.9 Å². The van der Waals surface area contributed by atoms with Crippen LogP contribution >= 0.6 is 11.6 Å². The molecule has 2 rings (SSSR count). The van der Waals surface area contributed by atoms with Gasteiger partial charge in [-0.3, -0.25) is 0 Å². The number of nitrogens with zero attached hydrogens (tertiary/aromatic N) is 1. The number of halogens is 1. The summed E-state index contributed by atoms with van der Waals surface area (Å²) < 4.78 is 5.39. The maximum atomic E-state index is 9.60. The van der Waals surface area contributed by atoms with Crippen molar-refractivity contribution < 1.29 is 4.74 Å². The van der Waals surface area contributed by atoms with E-state index >= 15 is 0 Å². The molecule has 19 heavy (non-hydrogen) atoms. The van der Waals surface area contributed by atoms with E-state index in [1.54, 1.807) is 7.11 Å². The van der Waals surface area contributed by atoms with Crippen LogP contribution in [0.2, 0.25) is 5.02 Å². The van der Waals surface area contributed by atoms with Gasteiger partial charge in [-0.15, -0.1) is 0 Å². The minimum atomic E-state index is -0.237. The van der Waals surface area contributed by atoms with E-state index in [2.05, 4.69) is 13.0 Å². The van der Waals surface area contributed by atoms with E-state index in [0.29, 0.717) is 10.9 Å². The van der Waals surface area contributed by atoms with E-state index in [9.17, 15) is 5.26 Å². The fourth-order valence-electron chi connectivity index (χ4n) is 3.14. The molecule has 0 N–H and O–H groups in total. The number of benzene rings is 1. The Labute approximate surface area is 120 Å². The Morgan fingerprint density at radius 2 is 2.32 bits per heavy atom. The average molecular weight is 278 g/mol. The lowest BCUT2D eigenvalue weighted by atomic mass is 9.80. The quantitative estimate of drug-likeness (QED) is 0.805. The van der Waals surface area contributed by atoms with Crippen LogP contribution in [0.4, 0.5) is 0 Å². The summed E-state index contributed by atoms with van der Waals surface area (Å²) in [6.45, 7) is 2.21. The maximum Gasteiger partial charge on any atom is 0.122 e. The molecule has 0 spiro atoms. The van der Waals surface area contributed by atoms with E-state index in [1.807, 2.05) is 18.2 Å². The first kappa shape index (κ1) is 14.2. The molecule has 1 aliphatic rings. The van der Waals surface area contributed by atoms with Gasteiger partial charge in [0.15, 0.2) is 0 Å². The lowest BCUT2D eigenvalue weighted by Gasteiger charge is -2.22. The summed E-state index contributed by atoms with van der Waals surface area (Å²) in [6.07, 6.45) is 5.04. The first-order valence-corrected chi connectivity index (χ1v) is 7.24. The molecule has 0 radical (unpaired) electrons. The summed E-state index contributed by atoms with van der Waals surface area (Å²) in [6, 6.07) is 8.20. The molecule has 2 atom stereocenters. The van der Waals surface area contributed by atoms with Crippen LogP contribution in [0.15, 0.2) is 18.2 Å². The standard InChI is InChI=1S/C16H20ClNO/c1-3-12-6-7-16(9-12,11-18)10-13-8-14(17)4-5-15(13)19-2/h4-5,8,12H,3,6-7,9-10H2,1-2H3. The number of hydrogen-bond donors (Lipinski definition) is 0. The average Bonchev–Trinajstić information content (AvgIpc) is 2.83. The van der Waals surface area contributed by atoms with Gasteiger partial charge in [0.25, 0.3) is 0 Å². The predicted molar refractivity (Wildman–Crippen MR) is 77.4 cm³/mol. The third kappa shape index (κ3) is 3.04. The summed E-state index contributed by atoms with van der Waals surface area (Å²) in [5.74, 6) is 1.52. The second-order valence-corrected chi connectivity index (χ2v) is 5.98. The van der Waals surface area contributed by atoms with Gasteiger partial charge in [0.05, 0.1) is 18.6 Å². The Balaban J connectivity index is 2.24. The largest absolute Gasteiger partial charge is 0.496 e. The number of rotatable bonds is 4. The first-order chi connectivity index (χ1) is 9.12. The zero-order chi connectivity index (χ0) is 13.9. The third-order valence-corrected chi connectivity index (χ3v) is 4.53. The molecule has 0 amide bonds. The Morgan fingerprint density at radius 1 is 1.53 bits per heavy atom. The van der Waals surface area contributed by atoms with Crippen molar-refractivity contribution >= 4 is 11.6 Å². The molecule has 0 heterocycles. The highest BCUT2D eigenvalue weighted by atomic mass is 35.5. The van der Waals surface area contributed by atoms with E-state index in [-0.39, 0.29) is 5.41 Å². The topological polar surface area (TPSA) is 33.0 Å². The van der Waals surface area contributed by atoms with Crippen molar-refractivity contribution in [3.63, 3.8) is 0 Å². The summed E-state index contributed by atoms with van der Waals surface area (Å²) in [4.78, 5) is 0. The van der Waals surface area contributed by atoms with Gasteiger partial charge >= 0.3 is 0 Å². The van der Waals surface area contributed by atoms with Gasteiger partial charge in [-0.05, 0) is 55.4 Å². The molecular formula is C16H20ClNO. The molecule has 2 unspecified atom stereocenters. The second-order valence-electron chi connectivity index (χ2n) is 5.54. The van der Waals surface area contributed by atoms with Crippen LogP contribution in [0.25, 0.3) is 0 Å². The first-order valence-electron chi connectivity index (χ1n) is 6.86. The van der Waals surface area contributed by atoms with Crippen LogP contribution in [-0.4, -0.2) is 7.11 Å². The fourth-order valence-corrected chi connectivity index (χ4v) is 3.33. The molecule has 1 fully saturated rings. The molecule has 0 aromatic heterocycles. The normalized spacial score (nSPS) is 26.1. The minimum Gasteiger partial charge on any atom is -0.496 e. The SMILES string of the molecule is CCC1CCC(C#N)(Cc2cc(Cl)ccc2OC)C1. The highest BCUT2D eigenvalue weighted by Gasteiger charge is 2.39. The highest BCUT2D eigenvalue weighted by Crippen LogP contribution is 2.46. The van der Waals surface area contributed by atoms with Crippen LogP contribution in [-0.2, 0) is 6.42 Å². The van der Waals surface area contributed by atoms with Crippen LogP contribution in [0, 0.1) is 22.7 Å². The van der Waals surface area contributed by atoms with Gasteiger partial charge in [0, 0.05) is 5.02 Å². The zero-order valence-electron chi connectivity index (χ0n) is 11.6. The van der Waals surface area contributed by atoms with Gasteiger partial charge in [0.1, 0.15) is 5.75 Å². The van der Waals surface area contributed by atoms with Crippen molar-refractivity contribution in [2.24, 2.45) is 11.3 Å². The van der Waals surface area contributed by atoms with E-state index in [0.717, 1.165) is 43.4 Å². The molecule has 1 aromatic rings. The summed E-state index contributed by atoms with van der Waals surface area (Å²) in [7, 11) is 1.66. The lowest BCUT2D eigenvalue weighted by Crippen LogP contribution is -2.18. The van der Waals surface area contributed by atoms with Crippen LogP contribution < -0.4 is 4.74 Å². The summed E-state index contributed by atoms with van der Waals surface area (Å²) >= 11 is 6.07. The van der Waals surface area contributed by atoms with Crippen molar-refractivity contribution in [1.29, 1.82) is 5.26 Å².